The highest BCUT2D eigenvalue weighted by Crippen LogP contribution is 2.25. The molecule has 2 amide bonds. The summed E-state index contributed by atoms with van der Waals surface area (Å²) in [5.74, 6) is -0.268. The van der Waals surface area contributed by atoms with E-state index in [2.05, 4.69) is 10.2 Å². The van der Waals surface area contributed by atoms with Gasteiger partial charge in [0.15, 0.2) is 0 Å². The maximum atomic E-state index is 13.0. The van der Waals surface area contributed by atoms with Crippen molar-refractivity contribution in [1.82, 2.24) is 15.1 Å². The molecule has 4 rings (SSSR count). The van der Waals surface area contributed by atoms with Crippen molar-refractivity contribution in [1.29, 1.82) is 0 Å². The zero-order valence-electron chi connectivity index (χ0n) is 13.5. The molecule has 1 saturated heterocycles. The number of hydrogen-bond donors (Lipinski definition) is 1. The fourth-order valence-electron chi connectivity index (χ4n) is 3.02. The van der Waals surface area contributed by atoms with Gasteiger partial charge in [0, 0.05) is 37.1 Å². The van der Waals surface area contributed by atoms with Crippen LogP contribution in [0.5, 0.6) is 0 Å². The first-order valence-electron chi connectivity index (χ1n) is 8.11. The largest absolute Gasteiger partial charge is 0.324 e. The summed E-state index contributed by atoms with van der Waals surface area (Å²) < 4.78 is 13.0. The van der Waals surface area contributed by atoms with Gasteiger partial charge in [-0.25, -0.2) is 9.18 Å². The lowest BCUT2D eigenvalue weighted by Crippen LogP contribution is -2.31. The van der Waals surface area contributed by atoms with Gasteiger partial charge in [0.2, 0.25) is 0 Å². The molecule has 25 heavy (non-hydrogen) atoms. The fraction of sp³-hybridized carbons (Fsp3) is 0.158. The number of amides is 2. The average molecular weight is 336 g/mol. The fourth-order valence-corrected chi connectivity index (χ4v) is 3.02. The molecule has 1 aliphatic rings. The molecule has 0 aliphatic carbocycles. The zero-order valence-corrected chi connectivity index (χ0v) is 13.5. The molecule has 6 heteroatoms. The molecule has 2 heterocycles. The quantitative estimate of drug-likeness (QED) is 0.790. The van der Waals surface area contributed by atoms with Crippen molar-refractivity contribution in [3.8, 4) is 11.1 Å². The summed E-state index contributed by atoms with van der Waals surface area (Å²) >= 11 is 0. The van der Waals surface area contributed by atoms with E-state index >= 15 is 0 Å². The van der Waals surface area contributed by atoms with E-state index in [9.17, 15) is 9.18 Å². The smallest absolute Gasteiger partial charge is 0.318 e. The number of nitrogens with zero attached hydrogens (tertiary/aromatic N) is 3. The molecule has 0 saturated carbocycles. The van der Waals surface area contributed by atoms with Crippen LogP contribution in [0.4, 0.5) is 14.9 Å². The molecule has 0 atom stereocenters. The first kappa shape index (κ1) is 15.4. The predicted molar refractivity (Wildman–Crippen MR) is 93.6 cm³/mol. The number of urea groups is 1. The van der Waals surface area contributed by atoms with E-state index in [0.717, 1.165) is 22.4 Å². The Bertz CT molecular complexity index is 859. The van der Waals surface area contributed by atoms with Gasteiger partial charge in [-0.1, -0.05) is 24.3 Å². The average Bonchev–Trinajstić information content (AvgIpc) is 3.28. The van der Waals surface area contributed by atoms with Crippen LogP contribution >= 0.6 is 0 Å². The van der Waals surface area contributed by atoms with E-state index in [4.69, 9.17) is 0 Å². The topological polar surface area (TPSA) is 52.2 Å². The second-order valence-corrected chi connectivity index (χ2v) is 6.02. The Labute approximate surface area is 144 Å². The Hall–Kier alpha value is -3.15. The molecule has 0 unspecified atom stereocenters. The van der Waals surface area contributed by atoms with E-state index in [0.29, 0.717) is 19.6 Å². The first-order valence-corrected chi connectivity index (χ1v) is 8.11. The number of nitrogens with one attached hydrogen (secondary N) is 1. The highest BCUT2D eigenvalue weighted by atomic mass is 19.1. The third-order valence-electron chi connectivity index (χ3n) is 4.39. The minimum Gasteiger partial charge on any atom is -0.318 e. The van der Waals surface area contributed by atoms with Gasteiger partial charge < -0.3 is 4.90 Å². The van der Waals surface area contributed by atoms with Crippen molar-refractivity contribution in [2.24, 2.45) is 0 Å². The third-order valence-corrected chi connectivity index (χ3v) is 4.39. The molecule has 1 fully saturated rings. The molecule has 0 bridgehead atoms. The van der Waals surface area contributed by atoms with Gasteiger partial charge >= 0.3 is 6.03 Å². The lowest BCUT2D eigenvalue weighted by atomic mass is 10.1. The number of hydrogen-bond acceptors (Lipinski definition) is 2. The van der Waals surface area contributed by atoms with Gasteiger partial charge in [-0.05, 0) is 35.4 Å². The normalized spacial score (nSPS) is 14.4. The Kier molecular flexibility index (Phi) is 3.93. The van der Waals surface area contributed by atoms with Crippen molar-refractivity contribution >= 4 is 11.7 Å². The van der Waals surface area contributed by atoms with E-state index in [-0.39, 0.29) is 11.8 Å². The number of aromatic amines is 1. The molecular formula is C19H17FN4O. The van der Waals surface area contributed by atoms with E-state index in [1.54, 1.807) is 28.1 Å². The Balaban J connectivity index is 1.47. The summed E-state index contributed by atoms with van der Waals surface area (Å²) in [5, 5.41) is 6.74. The molecule has 5 nitrogen and oxygen atoms in total. The van der Waals surface area contributed by atoms with Crippen LogP contribution in [0.1, 0.15) is 5.56 Å². The Morgan fingerprint density at radius 1 is 1.00 bits per heavy atom. The number of benzene rings is 2. The molecule has 1 N–H and O–H groups in total. The van der Waals surface area contributed by atoms with Gasteiger partial charge in [-0.15, -0.1) is 0 Å². The summed E-state index contributed by atoms with van der Waals surface area (Å²) in [6.07, 6.45) is 3.60. The molecule has 3 aromatic rings. The van der Waals surface area contributed by atoms with Crippen molar-refractivity contribution in [3.05, 3.63) is 72.3 Å². The maximum Gasteiger partial charge on any atom is 0.324 e. The van der Waals surface area contributed by atoms with Gasteiger partial charge in [0.05, 0.1) is 6.20 Å². The highest BCUT2D eigenvalue weighted by Gasteiger charge is 2.29. The van der Waals surface area contributed by atoms with Crippen molar-refractivity contribution in [2.45, 2.75) is 6.54 Å². The first-order chi connectivity index (χ1) is 12.2. The third kappa shape index (κ3) is 3.10. The van der Waals surface area contributed by atoms with Crippen LogP contribution in [0.15, 0.2) is 60.9 Å². The van der Waals surface area contributed by atoms with Crippen LogP contribution in [-0.2, 0) is 6.54 Å². The van der Waals surface area contributed by atoms with Crippen LogP contribution in [0.25, 0.3) is 11.1 Å². The Morgan fingerprint density at radius 3 is 2.44 bits per heavy atom. The molecule has 1 aromatic heterocycles. The lowest BCUT2D eigenvalue weighted by Gasteiger charge is -2.19. The molecule has 126 valence electrons. The number of rotatable bonds is 4. The van der Waals surface area contributed by atoms with Crippen LogP contribution in [0.2, 0.25) is 0 Å². The van der Waals surface area contributed by atoms with Crippen molar-refractivity contribution < 1.29 is 9.18 Å². The van der Waals surface area contributed by atoms with Crippen molar-refractivity contribution in [3.63, 3.8) is 0 Å². The van der Waals surface area contributed by atoms with Crippen molar-refractivity contribution in [2.75, 3.05) is 18.0 Å². The van der Waals surface area contributed by atoms with E-state index < -0.39 is 0 Å². The minimum atomic E-state index is -0.268. The van der Waals surface area contributed by atoms with Crippen LogP contribution in [-0.4, -0.2) is 34.2 Å². The highest BCUT2D eigenvalue weighted by molar-refractivity contribution is 5.94. The van der Waals surface area contributed by atoms with Crippen LogP contribution in [0.3, 0.4) is 0 Å². The van der Waals surface area contributed by atoms with E-state index in [1.807, 2.05) is 30.5 Å². The summed E-state index contributed by atoms with van der Waals surface area (Å²) in [6.45, 7) is 1.79. The van der Waals surface area contributed by atoms with E-state index in [1.165, 1.54) is 12.1 Å². The number of H-pyrrole nitrogens is 1. The molecule has 1 aliphatic heterocycles. The predicted octanol–water partition coefficient (Wildman–Crippen LogP) is 3.66. The minimum absolute atomic E-state index is 0.0274. The number of carbonyl (C=O) groups excluding carboxylic acids is 1. The second-order valence-electron chi connectivity index (χ2n) is 6.02. The number of halogens is 1. The lowest BCUT2D eigenvalue weighted by molar-refractivity contribution is 0.219. The zero-order chi connectivity index (χ0) is 17.2. The monoisotopic (exact) mass is 336 g/mol. The van der Waals surface area contributed by atoms with Gasteiger partial charge in [-0.2, -0.15) is 5.10 Å². The molecule has 0 spiro atoms. The molecular weight excluding hydrogens is 319 g/mol. The van der Waals surface area contributed by atoms with Gasteiger partial charge in [0.1, 0.15) is 5.82 Å². The SMILES string of the molecule is O=C1N(Cc2ccc(F)cc2)CCN1c1ccc(-c2cn[nH]c2)cc1. The Morgan fingerprint density at radius 2 is 1.76 bits per heavy atom. The summed E-state index contributed by atoms with van der Waals surface area (Å²) in [7, 11) is 0. The van der Waals surface area contributed by atoms with Gasteiger partial charge in [0.25, 0.3) is 0 Å². The molecule has 0 radical (unpaired) electrons. The van der Waals surface area contributed by atoms with Crippen LogP contribution in [0, 0.1) is 5.82 Å². The summed E-state index contributed by atoms with van der Waals surface area (Å²) in [5.41, 5.74) is 3.86. The second kappa shape index (κ2) is 6.39. The summed E-state index contributed by atoms with van der Waals surface area (Å²) in [4.78, 5) is 16.2. The number of aromatic nitrogens is 2. The molecule has 2 aromatic carbocycles. The van der Waals surface area contributed by atoms with Gasteiger partial charge in [-0.3, -0.25) is 10.00 Å². The standard InChI is InChI=1S/C19H17FN4O/c20-17-5-1-14(2-6-17)13-23-9-10-24(19(23)25)18-7-3-15(4-8-18)16-11-21-22-12-16/h1-8,11-12H,9-10,13H2,(H,21,22). The van der Waals surface area contributed by atoms with Crippen LogP contribution < -0.4 is 4.90 Å². The maximum absolute atomic E-state index is 13.0. The summed E-state index contributed by atoms with van der Waals surface area (Å²) in [6, 6.07) is 14.1. The number of carbonyl (C=O) groups is 1. The number of anilines is 1.